The summed E-state index contributed by atoms with van der Waals surface area (Å²) >= 11 is 5.12. The van der Waals surface area contributed by atoms with Crippen LogP contribution < -0.4 is 10.6 Å². The zero-order valence-corrected chi connectivity index (χ0v) is 18.8. The van der Waals surface area contributed by atoms with Gasteiger partial charge in [0, 0.05) is 42.1 Å². The number of aromatic nitrogens is 1. The van der Waals surface area contributed by atoms with Gasteiger partial charge in [0.2, 0.25) is 5.91 Å². The number of likely N-dealkylation sites (tertiary alicyclic amines) is 1. The van der Waals surface area contributed by atoms with E-state index in [1.54, 1.807) is 11.3 Å². The van der Waals surface area contributed by atoms with Gasteiger partial charge in [0.15, 0.2) is 0 Å². The highest BCUT2D eigenvalue weighted by Gasteiger charge is 2.25. The molecule has 1 aliphatic heterocycles. The van der Waals surface area contributed by atoms with E-state index >= 15 is 0 Å². The number of para-hydroxylation sites is 1. The van der Waals surface area contributed by atoms with E-state index in [4.69, 9.17) is 4.98 Å². The number of carbonyl (C=O) groups is 2. The fraction of sp³-hybridized carbons (Fsp3) is 0.318. The van der Waals surface area contributed by atoms with Gasteiger partial charge in [0.05, 0.1) is 15.2 Å². The van der Waals surface area contributed by atoms with E-state index in [1.807, 2.05) is 47.4 Å². The number of hydrogen-bond acceptors (Lipinski definition) is 4. The number of piperidine rings is 1. The fourth-order valence-electron chi connectivity index (χ4n) is 3.59. The summed E-state index contributed by atoms with van der Waals surface area (Å²) in [7, 11) is 0. The lowest BCUT2D eigenvalue weighted by molar-refractivity contribution is -0.132. The molecule has 30 heavy (non-hydrogen) atoms. The molecule has 0 bridgehead atoms. The molecule has 8 heteroatoms. The number of nitrogens with one attached hydrogen (secondary N) is 2. The van der Waals surface area contributed by atoms with E-state index in [-0.39, 0.29) is 11.9 Å². The van der Waals surface area contributed by atoms with Crippen LogP contribution in [0.15, 0.2) is 53.0 Å². The molecular weight excluding hydrogens is 464 g/mol. The number of urea groups is 1. The molecule has 4 rings (SSSR count). The topological polar surface area (TPSA) is 74.3 Å². The van der Waals surface area contributed by atoms with E-state index in [2.05, 4.69) is 32.6 Å². The molecule has 3 aromatic rings. The highest BCUT2D eigenvalue weighted by Crippen LogP contribution is 2.33. The molecule has 0 aliphatic carbocycles. The Morgan fingerprint density at radius 2 is 1.83 bits per heavy atom. The van der Waals surface area contributed by atoms with Crippen molar-refractivity contribution in [3.05, 3.63) is 58.0 Å². The molecule has 2 N–H and O–H groups in total. The number of halogens is 1. The van der Waals surface area contributed by atoms with Crippen LogP contribution in [0.25, 0.3) is 10.2 Å². The van der Waals surface area contributed by atoms with Crippen LogP contribution in [0.3, 0.4) is 0 Å². The quantitative estimate of drug-likeness (QED) is 0.534. The second-order valence-corrected chi connectivity index (χ2v) is 9.29. The largest absolute Gasteiger partial charge is 0.343 e. The van der Waals surface area contributed by atoms with Gasteiger partial charge in [-0.2, -0.15) is 0 Å². The Balaban J connectivity index is 1.19. The maximum atomic E-state index is 12.5. The molecular formula is C22H23BrN4O2S. The second-order valence-electron chi connectivity index (χ2n) is 7.31. The molecule has 0 spiro atoms. The highest BCUT2D eigenvalue weighted by molar-refractivity contribution is 9.10. The number of fused-ring (bicyclic) bond motifs is 1. The first-order valence-corrected chi connectivity index (χ1v) is 11.6. The first-order valence-electron chi connectivity index (χ1n) is 10.0. The second kappa shape index (κ2) is 9.57. The molecule has 2 aromatic carbocycles. The molecule has 6 nitrogen and oxygen atoms in total. The van der Waals surface area contributed by atoms with Gasteiger partial charge in [-0.05, 0) is 49.2 Å². The zero-order valence-electron chi connectivity index (χ0n) is 16.4. The lowest BCUT2D eigenvalue weighted by atomic mass is 9.97. The van der Waals surface area contributed by atoms with E-state index < -0.39 is 0 Å². The minimum absolute atomic E-state index is 0.0849. The molecule has 0 saturated carbocycles. The molecule has 0 atom stereocenters. The number of anilines is 1. The summed E-state index contributed by atoms with van der Waals surface area (Å²) in [5, 5.41) is 6.68. The summed E-state index contributed by atoms with van der Waals surface area (Å²) in [4.78, 5) is 31.1. The zero-order chi connectivity index (χ0) is 20.9. The van der Waals surface area contributed by atoms with E-state index in [0.29, 0.717) is 24.6 Å². The third-order valence-electron chi connectivity index (χ3n) is 5.23. The molecule has 1 fully saturated rings. The number of nitrogens with zero attached hydrogens (tertiary/aromatic N) is 2. The van der Waals surface area contributed by atoms with Crippen molar-refractivity contribution in [1.29, 1.82) is 0 Å². The van der Waals surface area contributed by atoms with Crippen LogP contribution >= 0.6 is 27.3 Å². The predicted molar refractivity (Wildman–Crippen MR) is 124 cm³/mol. The van der Waals surface area contributed by atoms with Crippen molar-refractivity contribution < 1.29 is 9.59 Å². The summed E-state index contributed by atoms with van der Waals surface area (Å²) in [6.07, 6.45) is 2.17. The van der Waals surface area contributed by atoms with Crippen LogP contribution in [-0.4, -0.2) is 41.5 Å². The molecule has 156 valence electrons. The lowest BCUT2D eigenvalue weighted by Crippen LogP contribution is -2.40. The monoisotopic (exact) mass is 486 g/mol. The van der Waals surface area contributed by atoms with E-state index in [1.165, 1.54) is 9.71 Å². The smallest absolute Gasteiger partial charge is 0.319 e. The molecule has 0 unspecified atom stereocenters. The number of hydrogen-bond donors (Lipinski definition) is 2. The Kier molecular flexibility index (Phi) is 6.64. The average Bonchev–Trinajstić information content (AvgIpc) is 3.20. The third kappa shape index (κ3) is 5.17. The van der Waals surface area contributed by atoms with Crippen molar-refractivity contribution in [2.24, 2.45) is 0 Å². The summed E-state index contributed by atoms with van der Waals surface area (Å²) in [6, 6.07) is 15.2. The molecule has 1 saturated heterocycles. The Hall–Kier alpha value is -2.45. The van der Waals surface area contributed by atoms with Gasteiger partial charge in [-0.25, -0.2) is 9.78 Å². The predicted octanol–water partition coefficient (Wildman–Crippen LogP) is 4.98. The first-order chi connectivity index (χ1) is 14.6. The number of carbonyl (C=O) groups excluding carboxylic acids is 2. The summed E-state index contributed by atoms with van der Waals surface area (Å²) in [6.45, 7) is 1.80. The highest BCUT2D eigenvalue weighted by atomic mass is 79.9. The van der Waals surface area contributed by atoms with Crippen molar-refractivity contribution in [2.75, 3.05) is 25.0 Å². The maximum absolute atomic E-state index is 12.5. The lowest BCUT2D eigenvalue weighted by Gasteiger charge is -2.31. The molecule has 1 aromatic heterocycles. The van der Waals surface area contributed by atoms with Crippen molar-refractivity contribution in [3.63, 3.8) is 0 Å². The number of thiazole rings is 1. The van der Waals surface area contributed by atoms with Crippen LogP contribution in [0.2, 0.25) is 0 Å². The van der Waals surface area contributed by atoms with Gasteiger partial charge < -0.3 is 15.5 Å². The van der Waals surface area contributed by atoms with Gasteiger partial charge in [0.25, 0.3) is 0 Å². The number of benzene rings is 2. The maximum Gasteiger partial charge on any atom is 0.319 e. The first kappa shape index (κ1) is 20.8. The summed E-state index contributed by atoms with van der Waals surface area (Å²) in [5.74, 6) is 0.503. The number of amides is 3. The molecule has 2 heterocycles. The van der Waals surface area contributed by atoms with Crippen molar-refractivity contribution in [1.82, 2.24) is 15.2 Å². The van der Waals surface area contributed by atoms with Crippen LogP contribution in [0, 0.1) is 0 Å². The fourth-order valence-corrected chi connectivity index (χ4v) is 4.99. The minimum Gasteiger partial charge on any atom is -0.343 e. The Labute approximate surface area is 187 Å². The van der Waals surface area contributed by atoms with Crippen LogP contribution in [0.5, 0.6) is 0 Å². The third-order valence-corrected chi connectivity index (χ3v) is 6.96. The molecule has 0 radical (unpaired) electrons. The van der Waals surface area contributed by atoms with Crippen molar-refractivity contribution in [2.45, 2.75) is 25.2 Å². The average molecular weight is 487 g/mol. The Bertz CT molecular complexity index is 996. The van der Waals surface area contributed by atoms with E-state index in [9.17, 15) is 9.59 Å². The van der Waals surface area contributed by atoms with Crippen molar-refractivity contribution in [3.8, 4) is 0 Å². The normalized spacial score (nSPS) is 14.6. The van der Waals surface area contributed by atoms with Crippen LogP contribution in [0.4, 0.5) is 10.5 Å². The van der Waals surface area contributed by atoms with Gasteiger partial charge in [-0.15, -0.1) is 11.3 Å². The number of rotatable bonds is 5. The summed E-state index contributed by atoms with van der Waals surface area (Å²) < 4.78 is 2.17. The van der Waals surface area contributed by atoms with Gasteiger partial charge >= 0.3 is 6.03 Å². The van der Waals surface area contributed by atoms with Gasteiger partial charge in [-0.3, -0.25) is 4.79 Å². The molecule has 3 amide bonds. The summed E-state index contributed by atoms with van der Waals surface area (Å²) in [5.41, 5.74) is 1.77. The Morgan fingerprint density at radius 1 is 1.10 bits per heavy atom. The van der Waals surface area contributed by atoms with Gasteiger partial charge in [-0.1, -0.05) is 28.1 Å². The van der Waals surface area contributed by atoms with Crippen LogP contribution in [0.1, 0.15) is 30.2 Å². The SMILES string of the molecule is O=C(NCCC(=O)N1CCC(c2nc3ccccc3s2)CC1)Nc1ccc(Br)cc1. The van der Waals surface area contributed by atoms with Crippen molar-refractivity contribution >= 4 is 55.1 Å². The minimum atomic E-state index is -0.306. The standard InChI is InChI=1S/C22H23BrN4O2S/c23-16-5-7-17(8-6-16)25-22(29)24-12-9-20(28)27-13-10-15(11-14-27)21-26-18-3-1-2-4-19(18)30-21/h1-8,15H,9-14H2,(H2,24,25,29). The Morgan fingerprint density at radius 3 is 2.57 bits per heavy atom. The molecule has 1 aliphatic rings. The van der Waals surface area contributed by atoms with E-state index in [0.717, 1.165) is 35.9 Å². The van der Waals surface area contributed by atoms with Crippen LogP contribution in [-0.2, 0) is 4.79 Å². The van der Waals surface area contributed by atoms with Gasteiger partial charge in [0.1, 0.15) is 0 Å².